The van der Waals surface area contributed by atoms with Gasteiger partial charge in [0.2, 0.25) is 0 Å². The van der Waals surface area contributed by atoms with Gasteiger partial charge in [-0.1, -0.05) is 17.7 Å². The van der Waals surface area contributed by atoms with Gasteiger partial charge in [-0.15, -0.1) is 0 Å². The van der Waals surface area contributed by atoms with Gasteiger partial charge in [-0.2, -0.15) is 8.78 Å². The molecule has 2 atom stereocenters. The van der Waals surface area contributed by atoms with Crippen LogP contribution in [0.4, 0.5) is 14.5 Å². The summed E-state index contributed by atoms with van der Waals surface area (Å²) in [5.41, 5.74) is 1.45. The monoisotopic (exact) mass is 373 g/mol. The molecular formula is C17H18ClF2NO2S. The number of methoxy groups -OCH3 is 1. The van der Waals surface area contributed by atoms with Crippen LogP contribution < -0.4 is 10.1 Å². The smallest absolute Gasteiger partial charge is 0.342 e. The van der Waals surface area contributed by atoms with E-state index in [1.54, 1.807) is 48.5 Å². The van der Waals surface area contributed by atoms with Crippen LogP contribution in [0.25, 0.3) is 0 Å². The van der Waals surface area contributed by atoms with Crippen LogP contribution >= 0.6 is 11.6 Å². The molecule has 24 heavy (non-hydrogen) atoms. The van der Waals surface area contributed by atoms with Gasteiger partial charge in [-0.25, -0.2) is 0 Å². The number of aryl methyl sites for hydroxylation is 1. The second kappa shape index (κ2) is 7.94. The number of rotatable bonds is 7. The average Bonchev–Trinajstić information content (AvgIpc) is 2.54. The summed E-state index contributed by atoms with van der Waals surface area (Å²) in [4.78, 5) is 0.489. The van der Waals surface area contributed by atoms with Gasteiger partial charge >= 0.3 is 5.38 Å². The minimum Gasteiger partial charge on any atom is -0.497 e. The third-order valence-electron chi connectivity index (χ3n) is 3.43. The molecule has 0 saturated heterocycles. The Labute approximate surface area is 147 Å². The molecule has 0 aromatic heterocycles. The number of hydrogen-bond donors (Lipinski definition) is 1. The maximum atomic E-state index is 13.7. The SMILES string of the molecule is COc1ccc(N[C@@H](CS(=O)c2ccc(C)cc2)C(F)(F)Cl)cc1. The Hall–Kier alpha value is -1.66. The molecule has 1 unspecified atom stereocenters. The van der Waals surface area contributed by atoms with E-state index in [2.05, 4.69) is 5.32 Å². The number of benzene rings is 2. The Morgan fingerprint density at radius 2 is 1.75 bits per heavy atom. The Bertz CT molecular complexity index is 687. The quantitative estimate of drug-likeness (QED) is 0.730. The Morgan fingerprint density at radius 3 is 2.25 bits per heavy atom. The fourth-order valence-electron chi connectivity index (χ4n) is 2.04. The summed E-state index contributed by atoms with van der Waals surface area (Å²) in [5.74, 6) is 0.295. The molecular weight excluding hydrogens is 356 g/mol. The first kappa shape index (κ1) is 18.7. The van der Waals surface area contributed by atoms with Gasteiger partial charge in [0.05, 0.1) is 23.7 Å². The fourth-order valence-corrected chi connectivity index (χ4v) is 3.49. The molecule has 3 nitrogen and oxygen atoms in total. The summed E-state index contributed by atoms with van der Waals surface area (Å²) in [6.45, 7) is 1.90. The van der Waals surface area contributed by atoms with E-state index in [-0.39, 0.29) is 5.75 Å². The molecule has 7 heteroatoms. The molecule has 0 spiro atoms. The molecule has 0 radical (unpaired) electrons. The van der Waals surface area contributed by atoms with Crippen molar-refractivity contribution in [2.45, 2.75) is 23.2 Å². The van der Waals surface area contributed by atoms with E-state index in [1.165, 1.54) is 7.11 Å². The van der Waals surface area contributed by atoms with Gasteiger partial charge in [-0.05, 0) is 54.9 Å². The highest BCUT2D eigenvalue weighted by Crippen LogP contribution is 2.29. The largest absolute Gasteiger partial charge is 0.497 e. The highest BCUT2D eigenvalue weighted by molar-refractivity contribution is 7.85. The van der Waals surface area contributed by atoms with Gasteiger partial charge in [-0.3, -0.25) is 4.21 Å². The molecule has 0 heterocycles. The number of alkyl halides is 3. The molecule has 2 rings (SSSR count). The minimum atomic E-state index is -3.54. The molecule has 130 valence electrons. The van der Waals surface area contributed by atoms with Crippen molar-refractivity contribution >= 4 is 28.1 Å². The lowest BCUT2D eigenvalue weighted by Crippen LogP contribution is -2.40. The lowest BCUT2D eigenvalue weighted by atomic mass is 10.2. The predicted molar refractivity (Wildman–Crippen MR) is 93.7 cm³/mol. The third kappa shape index (κ3) is 5.18. The minimum absolute atomic E-state index is 0.314. The van der Waals surface area contributed by atoms with E-state index in [1.807, 2.05) is 6.92 Å². The summed E-state index contributed by atoms with van der Waals surface area (Å²) >= 11 is 5.21. The summed E-state index contributed by atoms with van der Waals surface area (Å²) in [7, 11) is -0.0828. The second-order valence-corrected chi connectivity index (χ2v) is 7.29. The van der Waals surface area contributed by atoms with Crippen molar-refractivity contribution in [1.29, 1.82) is 0 Å². The third-order valence-corrected chi connectivity index (χ3v) is 5.13. The molecule has 2 aromatic carbocycles. The molecule has 0 aliphatic heterocycles. The standard InChI is InChI=1S/C17H18ClF2NO2S/c1-12-3-9-15(10-4-12)24(22)11-16(17(18,19)20)21-13-5-7-14(23-2)8-6-13/h3-10,16,21H,11H2,1-2H3/t16-,24?/m0/s1. The first-order valence-corrected chi connectivity index (χ1v) is 8.91. The van der Waals surface area contributed by atoms with Gasteiger partial charge in [0, 0.05) is 10.6 Å². The zero-order valence-electron chi connectivity index (χ0n) is 13.3. The second-order valence-electron chi connectivity index (χ2n) is 5.29. The number of halogens is 3. The summed E-state index contributed by atoms with van der Waals surface area (Å²) < 4.78 is 44.8. The van der Waals surface area contributed by atoms with Crippen LogP contribution in [0.5, 0.6) is 5.75 Å². The van der Waals surface area contributed by atoms with E-state index >= 15 is 0 Å². The van der Waals surface area contributed by atoms with Crippen LogP contribution in [0.15, 0.2) is 53.4 Å². The summed E-state index contributed by atoms with van der Waals surface area (Å²) in [6.07, 6.45) is 0. The van der Waals surface area contributed by atoms with Crippen LogP contribution in [-0.4, -0.2) is 28.5 Å². The van der Waals surface area contributed by atoms with Crippen molar-refractivity contribution in [3.05, 3.63) is 54.1 Å². The van der Waals surface area contributed by atoms with Crippen molar-refractivity contribution in [3.8, 4) is 5.75 Å². The van der Waals surface area contributed by atoms with Crippen LogP contribution in [0.2, 0.25) is 0 Å². The van der Waals surface area contributed by atoms with E-state index in [0.717, 1.165) is 5.56 Å². The lowest BCUT2D eigenvalue weighted by molar-refractivity contribution is 0.0808. The Balaban J connectivity index is 2.13. The predicted octanol–water partition coefficient (Wildman–Crippen LogP) is 4.42. The summed E-state index contributed by atoms with van der Waals surface area (Å²) in [5, 5.41) is -0.890. The van der Waals surface area contributed by atoms with E-state index in [4.69, 9.17) is 16.3 Å². The molecule has 0 bridgehead atoms. The average molecular weight is 374 g/mol. The van der Waals surface area contributed by atoms with Gasteiger partial charge in [0.25, 0.3) is 0 Å². The molecule has 0 aliphatic rings. The number of ether oxygens (including phenoxy) is 1. The zero-order valence-corrected chi connectivity index (χ0v) is 14.8. The lowest BCUT2D eigenvalue weighted by Gasteiger charge is -2.23. The first-order valence-electron chi connectivity index (χ1n) is 7.22. The van der Waals surface area contributed by atoms with E-state index in [9.17, 15) is 13.0 Å². The summed E-state index contributed by atoms with van der Waals surface area (Å²) in [6, 6.07) is 11.9. The molecule has 0 fully saturated rings. The topological polar surface area (TPSA) is 38.3 Å². The maximum absolute atomic E-state index is 13.7. The fraction of sp³-hybridized carbons (Fsp3) is 0.294. The Morgan fingerprint density at radius 1 is 1.17 bits per heavy atom. The molecule has 0 saturated carbocycles. The molecule has 1 N–H and O–H groups in total. The Kier molecular flexibility index (Phi) is 6.18. The van der Waals surface area contributed by atoms with Gasteiger partial charge in [0.1, 0.15) is 11.8 Å². The van der Waals surface area contributed by atoms with Crippen molar-refractivity contribution < 1.29 is 17.7 Å². The molecule has 0 amide bonds. The van der Waals surface area contributed by atoms with Gasteiger partial charge < -0.3 is 10.1 Å². The first-order chi connectivity index (χ1) is 11.3. The van der Waals surface area contributed by atoms with Crippen molar-refractivity contribution in [3.63, 3.8) is 0 Å². The van der Waals surface area contributed by atoms with E-state index < -0.39 is 22.2 Å². The zero-order chi connectivity index (χ0) is 17.7. The maximum Gasteiger partial charge on any atom is 0.342 e. The number of hydrogen-bond acceptors (Lipinski definition) is 3. The highest BCUT2D eigenvalue weighted by atomic mass is 35.5. The normalized spacial score (nSPS) is 14.0. The van der Waals surface area contributed by atoms with Crippen LogP contribution in [0.3, 0.4) is 0 Å². The number of anilines is 1. The highest BCUT2D eigenvalue weighted by Gasteiger charge is 2.38. The van der Waals surface area contributed by atoms with Crippen LogP contribution in [0, 0.1) is 6.92 Å². The van der Waals surface area contributed by atoms with Crippen LogP contribution in [0.1, 0.15) is 5.56 Å². The van der Waals surface area contributed by atoms with Crippen molar-refractivity contribution in [1.82, 2.24) is 0 Å². The van der Waals surface area contributed by atoms with Crippen LogP contribution in [-0.2, 0) is 10.8 Å². The molecule has 2 aromatic rings. The van der Waals surface area contributed by atoms with Crippen molar-refractivity contribution in [2.75, 3.05) is 18.2 Å². The van der Waals surface area contributed by atoms with Crippen molar-refractivity contribution in [2.24, 2.45) is 0 Å². The number of nitrogens with one attached hydrogen (secondary N) is 1. The molecule has 0 aliphatic carbocycles. The van der Waals surface area contributed by atoms with Gasteiger partial charge in [0.15, 0.2) is 0 Å². The van der Waals surface area contributed by atoms with E-state index in [0.29, 0.717) is 16.3 Å².